The van der Waals surface area contributed by atoms with E-state index in [9.17, 15) is 0 Å². The molecular formula is C40H29N5. The van der Waals surface area contributed by atoms with Crippen molar-refractivity contribution in [2.75, 3.05) is 11.4 Å². The van der Waals surface area contributed by atoms with Crippen molar-refractivity contribution in [2.24, 2.45) is 0 Å². The van der Waals surface area contributed by atoms with E-state index in [0.717, 1.165) is 46.6 Å². The molecule has 9 aromatic rings. The molecule has 0 amide bonds. The quantitative estimate of drug-likeness (QED) is 0.191. The standard InChI is InChI=1S/C40H29N5/c1-4-12-30-26(10-1)23-33(41-30)28-16-17-32-38(40(28)45-22-18-25-9-3-6-14-35(25)45)37(29-19-21-44-20-8-7-15-36(29)44)39(43-32)34-24-27-11-2-5-13-31(27)42-34/h1-17,19-21,23-24,41-43H,18,22H2. The smallest absolute Gasteiger partial charge is 0.0712 e. The van der Waals surface area contributed by atoms with Crippen molar-refractivity contribution < 1.29 is 0 Å². The average molecular weight is 580 g/mol. The maximum atomic E-state index is 3.91. The van der Waals surface area contributed by atoms with Crippen molar-refractivity contribution in [3.63, 3.8) is 0 Å². The number of para-hydroxylation sites is 3. The zero-order chi connectivity index (χ0) is 29.5. The molecular weight excluding hydrogens is 550 g/mol. The predicted octanol–water partition coefficient (Wildman–Crippen LogP) is 10.1. The van der Waals surface area contributed by atoms with Gasteiger partial charge < -0.3 is 24.3 Å². The van der Waals surface area contributed by atoms with Crippen LogP contribution in [0.5, 0.6) is 0 Å². The molecule has 4 aromatic carbocycles. The third-order valence-electron chi connectivity index (χ3n) is 9.55. The first-order chi connectivity index (χ1) is 22.3. The van der Waals surface area contributed by atoms with Crippen LogP contribution < -0.4 is 4.90 Å². The molecule has 5 heteroatoms. The number of hydrogen-bond donors (Lipinski definition) is 3. The van der Waals surface area contributed by atoms with Crippen LogP contribution >= 0.6 is 0 Å². The minimum absolute atomic E-state index is 0.925. The van der Waals surface area contributed by atoms with Crippen LogP contribution in [0.25, 0.3) is 72.0 Å². The Bertz CT molecular complexity index is 2510. The fourth-order valence-electron chi connectivity index (χ4n) is 7.50. The van der Waals surface area contributed by atoms with Gasteiger partial charge in [-0.05, 0) is 72.6 Å². The van der Waals surface area contributed by atoms with E-state index in [1.165, 1.54) is 55.3 Å². The van der Waals surface area contributed by atoms with Gasteiger partial charge in [-0.1, -0.05) is 60.7 Å². The Morgan fingerprint density at radius 3 is 2.13 bits per heavy atom. The van der Waals surface area contributed by atoms with Crippen molar-refractivity contribution in [2.45, 2.75) is 6.42 Å². The van der Waals surface area contributed by atoms with Crippen LogP contribution in [0.4, 0.5) is 11.4 Å². The highest BCUT2D eigenvalue weighted by Crippen LogP contribution is 2.50. The van der Waals surface area contributed by atoms with Crippen molar-refractivity contribution in [3.8, 4) is 33.8 Å². The molecule has 10 rings (SSSR count). The van der Waals surface area contributed by atoms with Crippen LogP contribution in [0.1, 0.15) is 5.56 Å². The van der Waals surface area contributed by atoms with Crippen molar-refractivity contribution in [3.05, 3.63) is 139 Å². The molecule has 0 saturated heterocycles. The minimum Gasteiger partial charge on any atom is -0.354 e. The topological polar surface area (TPSA) is 55.0 Å². The predicted molar refractivity (Wildman–Crippen MR) is 186 cm³/mol. The summed E-state index contributed by atoms with van der Waals surface area (Å²) in [5.41, 5.74) is 15.4. The van der Waals surface area contributed by atoms with Gasteiger partial charge in [-0.3, -0.25) is 0 Å². The maximum Gasteiger partial charge on any atom is 0.0712 e. The summed E-state index contributed by atoms with van der Waals surface area (Å²) in [5, 5.41) is 3.65. The molecule has 214 valence electrons. The second kappa shape index (κ2) is 9.28. The minimum atomic E-state index is 0.925. The van der Waals surface area contributed by atoms with Gasteiger partial charge in [0, 0.05) is 79.7 Å². The Kier molecular flexibility index (Phi) is 5.05. The number of H-pyrrole nitrogens is 3. The zero-order valence-corrected chi connectivity index (χ0v) is 24.5. The average Bonchev–Trinajstić information content (AvgIpc) is 3.91. The molecule has 6 heterocycles. The lowest BCUT2D eigenvalue weighted by Gasteiger charge is -2.25. The summed E-state index contributed by atoms with van der Waals surface area (Å²) >= 11 is 0. The van der Waals surface area contributed by atoms with E-state index >= 15 is 0 Å². The fraction of sp³-hybridized carbons (Fsp3) is 0.0500. The highest BCUT2D eigenvalue weighted by atomic mass is 15.2. The van der Waals surface area contributed by atoms with Crippen LogP contribution in [-0.4, -0.2) is 25.9 Å². The number of pyridine rings is 1. The molecule has 3 N–H and O–H groups in total. The van der Waals surface area contributed by atoms with Gasteiger partial charge in [0.15, 0.2) is 0 Å². The monoisotopic (exact) mass is 579 g/mol. The number of rotatable bonds is 4. The molecule has 0 unspecified atom stereocenters. The molecule has 0 saturated carbocycles. The van der Waals surface area contributed by atoms with E-state index in [1.54, 1.807) is 0 Å². The lowest BCUT2D eigenvalue weighted by atomic mass is 9.96. The summed E-state index contributed by atoms with van der Waals surface area (Å²) in [7, 11) is 0. The number of nitrogens with zero attached hydrogens (tertiary/aromatic N) is 2. The molecule has 5 aromatic heterocycles. The van der Waals surface area contributed by atoms with Gasteiger partial charge in [-0.2, -0.15) is 0 Å². The molecule has 0 aliphatic carbocycles. The molecule has 0 atom stereocenters. The van der Waals surface area contributed by atoms with Crippen molar-refractivity contribution in [1.29, 1.82) is 0 Å². The van der Waals surface area contributed by atoms with Gasteiger partial charge >= 0.3 is 0 Å². The number of fused-ring (bicyclic) bond motifs is 5. The first kappa shape index (κ1) is 24.5. The van der Waals surface area contributed by atoms with E-state index in [0.29, 0.717) is 0 Å². The molecule has 0 radical (unpaired) electrons. The second-order valence-corrected chi connectivity index (χ2v) is 12.1. The molecule has 45 heavy (non-hydrogen) atoms. The molecule has 1 aliphatic rings. The van der Waals surface area contributed by atoms with Gasteiger partial charge in [0.25, 0.3) is 0 Å². The molecule has 0 spiro atoms. The first-order valence-electron chi connectivity index (χ1n) is 15.6. The lowest BCUT2D eigenvalue weighted by molar-refractivity contribution is 1.00. The van der Waals surface area contributed by atoms with Crippen molar-refractivity contribution >= 4 is 49.6 Å². The van der Waals surface area contributed by atoms with E-state index in [-0.39, 0.29) is 0 Å². The van der Waals surface area contributed by atoms with Gasteiger partial charge in [0.1, 0.15) is 0 Å². The second-order valence-electron chi connectivity index (χ2n) is 12.1. The van der Waals surface area contributed by atoms with Gasteiger partial charge in [-0.15, -0.1) is 0 Å². The van der Waals surface area contributed by atoms with E-state index in [4.69, 9.17) is 0 Å². The van der Waals surface area contributed by atoms with Crippen molar-refractivity contribution in [1.82, 2.24) is 19.4 Å². The summed E-state index contributed by atoms with van der Waals surface area (Å²) in [6.07, 6.45) is 5.32. The summed E-state index contributed by atoms with van der Waals surface area (Å²) in [4.78, 5) is 13.9. The number of aromatic nitrogens is 4. The lowest BCUT2D eigenvalue weighted by Crippen LogP contribution is -2.15. The van der Waals surface area contributed by atoms with E-state index < -0.39 is 0 Å². The zero-order valence-electron chi connectivity index (χ0n) is 24.5. The highest BCUT2D eigenvalue weighted by Gasteiger charge is 2.29. The van der Waals surface area contributed by atoms with Crippen LogP contribution in [-0.2, 0) is 6.42 Å². The molecule has 0 fully saturated rings. The van der Waals surface area contributed by atoms with E-state index in [2.05, 4.69) is 158 Å². The Hall–Kier alpha value is -5.94. The maximum absolute atomic E-state index is 3.91. The summed E-state index contributed by atoms with van der Waals surface area (Å²) < 4.78 is 2.22. The van der Waals surface area contributed by atoms with Gasteiger partial charge in [0.2, 0.25) is 0 Å². The van der Waals surface area contributed by atoms with Gasteiger partial charge in [-0.25, -0.2) is 0 Å². The fourth-order valence-corrected chi connectivity index (χ4v) is 7.50. The number of nitrogens with one attached hydrogen (secondary N) is 3. The number of anilines is 2. The third kappa shape index (κ3) is 3.61. The Morgan fingerprint density at radius 2 is 1.29 bits per heavy atom. The number of benzene rings is 4. The summed E-state index contributed by atoms with van der Waals surface area (Å²) in [5.74, 6) is 0. The number of hydrogen-bond acceptors (Lipinski definition) is 1. The molecule has 0 bridgehead atoms. The van der Waals surface area contributed by atoms with Gasteiger partial charge in [0.05, 0.1) is 22.6 Å². The number of aromatic amines is 3. The van der Waals surface area contributed by atoms with Crippen LogP contribution in [0.15, 0.2) is 134 Å². The SMILES string of the molecule is c1ccc2c(c1)CCN2c1c(-c2cc3ccccc3[nH]2)ccc2[nH]c(-c3cc4ccccc4[nH]3)c(-c3ccn4ccccc34)c12. The highest BCUT2D eigenvalue weighted by molar-refractivity contribution is 6.16. The molecule has 5 nitrogen and oxygen atoms in total. The first-order valence-corrected chi connectivity index (χ1v) is 15.6. The van der Waals surface area contributed by atoms with Crippen LogP contribution in [0.3, 0.4) is 0 Å². The largest absolute Gasteiger partial charge is 0.354 e. The van der Waals surface area contributed by atoms with Crippen LogP contribution in [0.2, 0.25) is 0 Å². The van der Waals surface area contributed by atoms with Crippen LogP contribution in [0, 0.1) is 0 Å². The summed E-state index contributed by atoms with van der Waals surface area (Å²) in [6, 6.07) is 43.7. The normalized spacial score (nSPS) is 13.1. The third-order valence-corrected chi connectivity index (χ3v) is 9.55. The van der Waals surface area contributed by atoms with E-state index in [1.807, 2.05) is 0 Å². The Morgan fingerprint density at radius 1 is 0.556 bits per heavy atom. The summed E-state index contributed by atoms with van der Waals surface area (Å²) in [6.45, 7) is 0.925. The Balaban J connectivity index is 1.35. The Labute approximate surface area is 259 Å². The molecule has 1 aliphatic heterocycles.